The summed E-state index contributed by atoms with van der Waals surface area (Å²) in [5.41, 5.74) is 2.82. The molecule has 122 valence electrons. The van der Waals surface area contributed by atoms with E-state index in [1.807, 2.05) is 6.92 Å². The number of aromatic nitrogens is 2. The Labute approximate surface area is 124 Å². The summed E-state index contributed by atoms with van der Waals surface area (Å²) in [7, 11) is 0. The van der Waals surface area contributed by atoms with Gasteiger partial charge in [0.05, 0.1) is 29.6 Å². The Kier molecular flexibility index (Phi) is 6.85. The van der Waals surface area contributed by atoms with Crippen molar-refractivity contribution in [2.45, 2.75) is 38.3 Å². The van der Waals surface area contributed by atoms with Crippen LogP contribution in [0.4, 0.5) is 17.6 Å². The molecule has 0 amide bonds. The molecule has 3 N–H and O–H groups in total. The molecule has 1 aromatic heterocycles. The molecule has 0 aliphatic carbocycles. The summed E-state index contributed by atoms with van der Waals surface area (Å²) < 4.78 is 55.7. The van der Waals surface area contributed by atoms with Gasteiger partial charge < -0.3 is 4.74 Å². The van der Waals surface area contributed by atoms with Gasteiger partial charge in [0.25, 0.3) is 0 Å². The first kappa shape index (κ1) is 18.1. The van der Waals surface area contributed by atoms with Crippen molar-refractivity contribution >= 4 is 11.6 Å². The average molecular weight is 333 g/mol. The lowest BCUT2D eigenvalue weighted by Crippen LogP contribution is -2.37. The van der Waals surface area contributed by atoms with Gasteiger partial charge in [-0.05, 0) is 6.42 Å². The van der Waals surface area contributed by atoms with Gasteiger partial charge in [-0.25, -0.2) is 14.2 Å². The van der Waals surface area contributed by atoms with E-state index in [9.17, 15) is 17.6 Å². The fourth-order valence-corrected chi connectivity index (χ4v) is 1.96. The van der Waals surface area contributed by atoms with Crippen LogP contribution < -0.4 is 11.3 Å². The fourth-order valence-electron chi connectivity index (χ4n) is 1.69. The molecular weight excluding hydrogens is 316 g/mol. The highest BCUT2D eigenvalue weighted by atomic mass is 35.5. The number of rotatable bonds is 9. The maximum atomic E-state index is 12.8. The summed E-state index contributed by atoms with van der Waals surface area (Å²) in [6.07, 6.45) is -1.62. The number of hydrogen-bond donors (Lipinski definition) is 2. The van der Waals surface area contributed by atoms with E-state index in [0.29, 0.717) is 12.2 Å². The van der Waals surface area contributed by atoms with E-state index in [1.165, 1.54) is 6.20 Å². The van der Waals surface area contributed by atoms with E-state index in [1.54, 1.807) is 4.68 Å². The second kappa shape index (κ2) is 7.92. The summed E-state index contributed by atoms with van der Waals surface area (Å²) in [5.74, 6) is 1.14. The minimum absolute atomic E-state index is 0.288. The topological polar surface area (TPSA) is 65.1 Å². The number of hydrogen-bond acceptors (Lipinski definition) is 4. The van der Waals surface area contributed by atoms with Gasteiger partial charge >= 0.3 is 12.3 Å². The minimum atomic E-state index is -4.20. The number of nitrogens with one attached hydrogen (secondary N) is 1. The molecule has 1 heterocycles. The Morgan fingerprint density at radius 1 is 1.52 bits per heavy atom. The maximum absolute atomic E-state index is 12.8. The summed E-state index contributed by atoms with van der Waals surface area (Å²) in [5, 5.41) is 4.31. The first-order chi connectivity index (χ1) is 9.83. The predicted molar refractivity (Wildman–Crippen MR) is 69.4 cm³/mol. The van der Waals surface area contributed by atoms with Crippen LogP contribution in [-0.2, 0) is 11.3 Å². The van der Waals surface area contributed by atoms with Gasteiger partial charge in [-0.1, -0.05) is 18.5 Å². The largest absolute Gasteiger partial charge is 0.373 e. The molecule has 0 aromatic carbocycles. The summed E-state index contributed by atoms with van der Waals surface area (Å²) in [6.45, 7) is 0.730. The number of halogens is 5. The molecular formula is C11H17ClF4N4O. The van der Waals surface area contributed by atoms with Crippen LogP contribution in [-0.4, -0.2) is 35.3 Å². The van der Waals surface area contributed by atoms with Crippen molar-refractivity contribution in [3.8, 4) is 0 Å². The van der Waals surface area contributed by atoms with E-state index in [0.717, 1.165) is 6.42 Å². The SMILES string of the molecule is CCCn1ncc(Cl)c1C(COCC(F)(F)C(F)F)NN. The van der Waals surface area contributed by atoms with E-state index < -0.39 is 25.0 Å². The zero-order valence-electron chi connectivity index (χ0n) is 11.3. The van der Waals surface area contributed by atoms with Gasteiger partial charge in [0.2, 0.25) is 0 Å². The van der Waals surface area contributed by atoms with Crippen LogP contribution in [0.2, 0.25) is 5.02 Å². The summed E-state index contributed by atoms with van der Waals surface area (Å²) >= 11 is 5.97. The van der Waals surface area contributed by atoms with Crippen LogP contribution in [0.1, 0.15) is 25.1 Å². The third kappa shape index (κ3) is 4.80. The van der Waals surface area contributed by atoms with E-state index >= 15 is 0 Å². The normalized spacial score (nSPS) is 13.9. The maximum Gasteiger partial charge on any atom is 0.330 e. The molecule has 21 heavy (non-hydrogen) atoms. The number of ether oxygens (including phenoxy) is 1. The summed E-state index contributed by atoms with van der Waals surface area (Å²) in [6, 6.07) is -0.736. The molecule has 1 rings (SSSR count). The quantitative estimate of drug-likeness (QED) is 0.414. The third-order valence-electron chi connectivity index (χ3n) is 2.70. The Morgan fingerprint density at radius 3 is 2.71 bits per heavy atom. The van der Waals surface area contributed by atoms with Crippen LogP contribution >= 0.6 is 11.6 Å². The van der Waals surface area contributed by atoms with E-state index in [-0.39, 0.29) is 11.6 Å². The van der Waals surface area contributed by atoms with Crippen molar-refractivity contribution in [1.29, 1.82) is 0 Å². The van der Waals surface area contributed by atoms with Crippen LogP contribution in [0.5, 0.6) is 0 Å². The lowest BCUT2D eigenvalue weighted by Gasteiger charge is -2.20. The van der Waals surface area contributed by atoms with Crippen molar-refractivity contribution in [2.24, 2.45) is 5.84 Å². The standard InChI is InChI=1S/C11H17ClF4N4O/c1-2-3-20-9(7(12)4-18-20)8(19-17)5-21-6-11(15,16)10(13)14/h4,8,10,19H,2-3,5-6,17H2,1H3. The molecule has 0 bridgehead atoms. The van der Waals surface area contributed by atoms with Crippen molar-refractivity contribution in [1.82, 2.24) is 15.2 Å². The molecule has 1 unspecified atom stereocenters. The van der Waals surface area contributed by atoms with Gasteiger partial charge in [-0.2, -0.15) is 13.9 Å². The molecule has 0 saturated heterocycles. The number of hydrazine groups is 1. The van der Waals surface area contributed by atoms with Gasteiger partial charge in [0, 0.05) is 6.54 Å². The zero-order chi connectivity index (χ0) is 16.0. The molecule has 5 nitrogen and oxygen atoms in total. The van der Waals surface area contributed by atoms with E-state index in [4.69, 9.17) is 17.4 Å². The monoisotopic (exact) mass is 332 g/mol. The Morgan fingerprint density at radius 2 is 2.19 bits per heavy atom. The minimum Gasteiger partial charge on any atom is -0.373 e. The number of nitrogens with zero attached hydrogens (tertiary/aromatic N) is 2. The molecule has 10 heteroatoms. The first-order valence-electron chi connectivity index (χ1n) is 6.24. The third-order valence-corrected chi connectivity index (χ3v) is 2.99. The van der Waals surface area contributed by atoms with E-state index in [2.05, 4.69) is 15.3 Å². The smallest absolute Gasteiger partial charge is 0.330 e. The Hall–Kier alpha value is -0.900. The predicted octanol–water partition coefficient (Wildman–Crippen LogP) is 2.37. The highest BCUT2D eigenvalue weighted by Crippen LogP contribution is 2.26. The van der Waals surface area contributed by atoms with Crippen LogP contribution in [0.15, 0.2) is 6.20 Å². The van der Waals surface area contributed by atoms with Gasteiger partial charge in [0.15, 0.2) is 0 Å². The van der Waals surface area contributed by atoms with Crippen molar-refractivity contribution < 1.29 is 22.3 Å². The Bertz CT molecular complexity index is 444. The molecule has 0 saturated carbocycles. The van der Waals surface area contributed by atoms with Crippen molar-refractivity contribution in [3.63, 3.8) is 0 Å². The molecule has 1 aromatic rings. The lowest BCUT2D eigenvalue weighted by atomic mass is 10.2. The molecule has 0 aliphatic rings. The van der Waals surface area contributed by atoms with Crippen LogP contribution in [0.3, 0.4) is 0 Å². The first-order valence-corrected chi connectivity index (χ1v) is 6.62. The van der Waals surface area contributed by atoms with Gasteiger partial charge in [-0.15, -0.1) is 0 Å². The van der Waals surface area contributed by atoms with Crippen molar-refractivity contribution in [3.05, 3.63) is 16.9 Å². The number of nitrogens with two attached hydrogens (primary N) is 1. The molecule has 0 radical (unpaired) electrons. The second-order valence-corrected chi connectivity index (χ2v) is 4.80. The molecule has 0 fully saturated rings. The van der Waals surface area contributed by atoms with Gasteiger partial charge in [-0.3, -0.25) is 10.5 Å². The van der Waals surface area contributed by atoms with Gasteiger partial charge in [0.1, 0.15) is 6.61 Å². The molecule has 1 atom stereocenters. The highest BCUT2D eigenvalue weighted by Gasteiger charge is 2.41. The molecule has 0 aliphatic heterocycles. The number of aryl methyl sites for hydroxylation is 1. The summed E-state index contributed by atoms with van der Waals surface area (Å²) in [4.78, 5) is 0. The van der Waals surface area contributed by atoms with Crippen molar-refractivity contribution in [2.75, 3.05) is 13.2 Å². The number of alkyl halides is 4. The Balaban J connectivity index is 2.70. The van der Waals surface area contributed by atoms with Crippen LogP contribution in [0.25, 0.3) is 0 Å². The van der Waals surface area contributed by atoms with Crippen LogP contribution in [0, 0.1) is 0 Å². The zero-order valence-corrected chi connectivity index (χ0v) is 12.1. The lowest BCUT2D eigenvalue weighted by molar-refractivity contribution is -0.167. The second-order valence-electron chi connectivity index (χ2n) is 4.40. The fraction of sp³-hybridized carbons (Fsp3) is 0.727. The highest BCUT2D eigenvalue weighted by molar-refractivity contribution is 6.31. The average Bonchev–Trinajstić information content (AvgIpc) is 2.76. The molecule has 0 spiro atoms.